The molecule has 0 bridgehead atoms. The van der Waals surface area contributed by atoms with Crippen molar-refractivity contribution in [3.8, 4) is 0 Å². The predicted molar refractivity (Wildman–Crippen MR) is 47.6 cm³/mol. The molecule has 0 aliphatic carbocycles. The molecule has 0 aromatic heterocycles. The molecular weight excluding hydrogens is 194 g/mol. The maximum atomic E-state index is 10.6. The van der Waals surface area contributed by atoms with Gasteiger partial charge in [-0.3, -0.25) is 9.69 Å². The number of likely N-dealkylation sites (tertiary alicyclic amines) is 1. The molecule has 76 valence electrons. The lowest BCUT2D eigenvalue weighted by atomic mass is 9.98. The molecule has 1 atom stereocenters. The van der Waals surface area contributed by atoms with E-state index in [1.54, 1.807) is 0 Å². The van der Waals surface area contributed by atoms with E-state index in [9.17, 15) is 9.00 Å². The molecule has 0 spiro atoms. The van der Waals surface area contributed by atoms with E-state index in [1.165, 1.54) is 0 Å². The summed E-state index contributed by atoms with van der Waals surface area (Å²) in [7, 11) is 0. The van der Waals surface area contributed by atoms with E-state index in [2.05, 4.69) is 0 Å². The van der Waals surface area contributed by atoms with E-state index in [0.717, 1.165) is 0 Å². The topological polar surface area (TPSA) is 77.8 Å². The van der Waals surface area contributed by atoms with Gasteiger partial charge in [0.15, 0.2) is 11.1 Å². The number of piperidine rings is 1. The Labute approximate surface area is 79.0 Å². The SMILES string of the molecule is O=C(O)C1CCN(CS(=O)O)CC1. The van der Waals surface area contributed by atoms with Crippen LogP contribution >= 0.6 is 0 Å². The molecule has 13 heavy (non-hydrogen) atoms. The molecule has 0 aromatic rings. The number of carbonyl (C=O) groups is 1. The van der Waals surface area contributed by atoms with Gasteiger partial charge in [-0.15, -0.1) is 0 Å². The highest BCUT2D eigenvalue weighted by molar-refractivity contribution is 7.79. The van der Waals surface area contributed by atoms with E-state index in [1.807, 2.05) is 4.90 Å². The highest BCUT2D eigenvalue weighted by Gasteiger charge is 2.24. The zero-order chi connectivity index (χ0) is 9.84. The minimum atomic E-state index is -1.81. The van der Waals surface area contributed by atoms with Crippen molar-refractivity contribution in [2.75, 3.05) is 19.0 Å². The smallest absolute Gasteiger partial charge is 0.306 e. The first-order chi connectivity index (χ1) is 6.09. The lowest BCUT2D eigenvalue weighted by molar-refractivity contribution is -0.143. The van der Waals surface area contributed by atoms with Crippen molar-refractivity contribution in [3.05, 3.63) is 0 Å². The van der Waals surface area contributed by atoms with Crippen LogP contribution in [0.3, 0.4) is 0 Å². The Bertz CT molecular complexity index is 213. The number of carboxylic acids is 1. The van der Waals surface area contributed by atoms with E-state index in [0.29, 0.717) is 25.9 Å². The molecule has 1 rings (SSSR count). The van der Waals surface area contributed by atoms with Gasteiger partial charge < -0.3 is 9.66 Å². The number of aliphatic carboxylic acids is 1. The van der Waals surface area contributed by atoms with Gasteiger partial charge in [-0.2, -0.15) is 0 Å². The van der Waals surface area contributed by atoms with Gasteiger partial charge in [-0.05, 0) is 25.9 Å². The number of hydrogen-bond donors (Lipinski definition) is 2. The zero-order valence-electron chi connectivity index (χ0n) is 7.18. The standard InChI is InChI=1S/C7H13NO4S/c9-7(10)6-1-3-8(4-2-6)5-13(11)12/h6H,1-5H2,(H,9,10)(H,11,12). The van der Waals surface area contributed by atoms with E-state index < -0.39 is 17.0 Å². The minimum Gasteiger partial charge on any atom is -0.481 e. The van der Waals surface area contributed by atoms with Crippen molar-refractivity contribution in [1.82, 2.24) is 4.90 Å². The monoisotopic (exact) mass is 207 g/mol. The Hall–Kier alpha value is -0.460. The van der Waals surface area contributed by atoms with Crippen LogP contribution in [0.4, 0.5) is 0 Å². The molecule has 2 N–H and O–H groups in total. The molecule has 5 nitrogen and oxygen atoms in total. The fourth-order valence-electron chi connectivity index (χ4n) is 1.47. The number of rotatable bonds is 3. The highest BCUT2D eigenvalue weighted by atomic mass is 32.2. The Morgan fingerprint density at radius 3 is 2.38 bits per heavy atom. The summed E-state index contributed by atoms with van der Waals surface area (Å²) in [5.74, 6) is -0.903. The van der Waals surface area contributed by atoms with Crippen molar-refractivity contribution in [2.24, 2.45) is 5.92 Å². The summed E-state index contributed by atoms with van der Waals surface area (Å²) in [6.07, 6.45) is 1.15. The van der Waals surface area contributed by atoms with E-state index in [-0.39, 0.29) is 11.8 Å². The number of hydrogen-bond acceptors (Lipinski definition) is 3. The third-order valence-electron chi connectivity index (χ3n) is 2.23. The largest absolute Gasteiger partial charge is 0.481 e. The number of nitrogens with zero attached hydrogens (tertiary/aromatic N) is 1. The Morgan fingerprint density at radius 2 is 2.00 bits per heavy atom. The second-order valence-electron chi connectivity index (χ2n) is 3.18. The Morgan fingerprint density at radius 1 is 1.46 bits per heavy atom. The van der Waals surface area contributed by atoms with Crippen LogP contribution < -0.4 is 0 Å². The van der Waals surface area contributed by atoms with E-state index in [4.69, 9.17) is 9.66 Å². The molecule has 1 unspecified atom stereocenters. The quantitative estimate of drug-likeness (QED) is 0.635. The van der Waals surface area contributed by atoms with Crippen molar-refractivity contribution < 1.29 is 18.7 Å². The molecule has 0 amide bonds. The lowest BCUT2D eigenvalue weighted by Crippen LogP contribution is -2.37. The van der Waals surface area contributed by atoms with Crippen LogP contribution in [0.1, 0.15) is 12.8 Å². The lowest BCUT2D eigenvalue weighted by Gasteiger charge is -2.28. The molecule has 1 aliphatic rings. The van der Waals surface area contributed by atoms with Crippen LogP contribution in [0.5, 0.6) is 0 Å². The Balaban J connectivity index is 2.30. The van der Waals surface area contributed by atoms with Crippen molar-refractivity contribution >= 4 is 17.0 Å². The van der Waals surface area contributed by atoms with Crippen LogP contribution in [0.15, 0.2) is 0 Å². The van der Waals surface area contributed by atoms with Gasteiger partial charge >= 0.3 is 5.97 Å². The second kappa shape index (κ2) is 4.69. The third-order valence-corrected chi connectivity index (χ3v) is 2.82. The molecule has 1 saturated heterocycles. The predicted octanol–water partition coefficient (Wildman–Crippen LogP) is -0.0378. The van der Waals surface area contributed by atoms with E-state index >= 15 is 0 Å². The normalized spacial score (nSPS) is 22.8. The molecule has 1 fully saturated rings. The fourth-order valence-corrected chi connectivity index (χ4v) is 2.04. The summed E-state index contributed by atoms with van der Waals surface area (Å²) < 4.78 is 19.0. The van der Waals surface area contributed by atoms with Gasteiger partial charge in [0.1, 0.15) is 5.88 Å². The average molecular weight is 207 g/mol. The highest BCUT2D eigenvalue weighted by Crippen LogP contribution is 2.16. The summed E-state index contributed by atoms with van der Waals surface area (Å²) in [5.41, 5.74) is 0. The number of carboxylic acid groups (broad SMARTS) is 1. The van der Waals surface area contributed by atoms with Gasteiger partial charge in [-0.25, -0.2) is 4.21 Å². The summed E-state index contributed by atoms with van der Waals surface area (Å²) in [4.78, 5) is 12.4. The minimum absolute atomic E-state index is 0.131. The van der Waals surface area contributed by atoms with Crippen LogP contribution in [0.25, 0.3) is 0 Å². The van der Waals surface area contributed by atoms with Gasteiger partial charge in [0.25, 0.3) is 0 Å². The van der Waals surface area contributed by atoms with Crippen LogP contribution in [-0.4, -0.2) is 43.7 Å². The molecule has 0 saturated carbocycles. The summed E-state index contributed by atoms with van der Waals surface area (Å²) >= 11 is -1.81. The first kappa shape index (κ1) is 10.6. The second-order valence-corrected chi connectivity index (χ2v) is 4.08. The molecule has 6 heteroatoms. The maximum absolute atomic E-state index is 10.6. The molecule has 1 heterocycles. The summed E-state index contributed by atoms with van der Waals surface area (Å²) in [5, 5.41) is 8.68. The Kier molecular flexibility index (Phi) is 3.83. The summed E-state index contributed by atoms with van der Waals surface area (Å²) in [6, 6.07) is 0. The van der Waals surface area contributed by atoms with Gasteiger partial charge in [0.05, 0.1) is 5.92 Å². The van der Waals surface area contributed by atoms with Crippen molar-refractivity contribution in [2.45, 2.75) is 12.8 Å². The zero-order valence-corrected chi connectivity index (χ0v) is 8.00. The first-order valence-corrected chi connectivity index (χ1v) is 5.40. The van der Waals surface area contributed by atoms with Crippen LogP contribution in [0.2, 0.25) is 0 Å². The molecule has 1 aliphatic heterocycles. The molecule has 0 aromatic carbocycles. The van der Waals surface area contributed by atoms with Crippen molar-refractivity contribution in [3.63, 3.8) is 0 Å². The average Bonchev–Trinajstić information content (AvgIpc) is 2.04. The van der Waals surface area contributed by atoms with Crippen molar-refractivity contribution in [1.29, 1.82) is 0 Å². The molecular formula is C7H13NO4S. The fraction of sp³-hybridized carbons (Fsp3) is 0.857. The van der Waals surface area contributed by atoms with Gasteiger partial charge in [0.2, 0.25) is 0 Å². The van der Waals surface area contributed by atoms with Crippen LogP contribution in [0, 0.1) is 5.92 Å². The van der Waals surface area contributed by atoms with Gasteiger partial charge in [0, 0.05) is 0 Å². The first-order valence-electron chi connectivity index (χ1n) is 4.12. The maximum Gasteiger partial charge on any atom is 0.306 e. The third kappa shape index (κ3) is 3.41. The van der Waals surface area contributed by atoms with Gasteiger partial charge in [-0.1, -0.05) is 0 Å². The summed E-state index contributed by atoms with van der Waals surface area (Å²) in [6.45, 7) is 1.20. The van der Waals surface area contributed by atoms with Crippen LogP contribution in [-0.2, 0) is 15.9 Å². The molecule has 0 radical (unpaired) electrons.